The molecular formula is C16H18N2O3. The Labute approximate surface area is 123 Å². The van der Waals surface area contributed by atoms with Crippen LogP contribution in [0.1, 0.15) is 24.2 Å². The second kappa shape index (κ2) is 6.26. The quantitative estimate of drug-likeness (QED) is 0.886. The largest absolute Gasteiger partial charge is 0.480 e. The molecule has 0 aliphatic heterocycles. The summed E-state index contributed by atoms with van der Waals surface area (Å²) < 4.78 is 1.93. The van der Waals surface area contributed by atoms with Crippen molar-refractivity contribution in [3.8, 4) is 5.69 Å². The highest BCUT2D eigenvalue weighted by Gasteiger charge is 2.23. The topological polar surface area (TPSA) is 71.3 Å². The standard InChI is InChI=1S/C16H18N2O3/c1-11(2)14(16(20)21)17-15(19)12-5-7-13(8-6-12)18-9-3-4-10-18/h3-11,14H,1-2H3,(H,17,19)(H,20,21). The van der Waals surface area contributed by atoms with Crippen LogP contribution >= 0.6 is 0 Å². The van der Waals surface area contributed by atoms with Gasteiger partial charge in [0, 0.05) is 23.6 Å². The van der Waals surface area contributed by atoms with E-state index in [1.54, 1.807) is 26.0 Å². The van der Waals surface area contributed by atoms with Crippen molar-refractivity contribution in [1.82, 2.24) is 9.88 Å². The molecule has 0 bridgehead atoms. The SMILES string of the molecule is CC(C)C(NC(=O)c1ccc(-n2cccc2)cc1)C(=O)O. The number of amides is 1. The molecule has 2 aromatic rings. The fourth-order valence-corrected chi connectivity index (χ4v) is 2.03. The zero-order valence-corrected chi connectivity index (χ0v) is 12.0. The molecule has 110 valence electrons. The summed E-state index contributed by atoms with van der Waals surface area (Å²) in [5.41, 5.74) is 1.38. The summed E-state index contributed by atoms with van der Waals surface area (Å²) in [6.45, 7) is 3.52. The fourth-order valence-electron chi connectivity index (χ4n) is 2.03. The van der Waals surface area contributed by atoms with Crippen molar-refractivity contribution < 1.29 is 14.7 Å². The molecular weight excluding hydrogens is 268 g/mol. The number of carboxylic acid groups (broad SMARTS) is 1. The molecule has 1 atom stereocenters. The summed E-state index contributed by atoms with van der Waals surface area (Å²) in [5, 5.41) is 11.6. The van der Waals surface area contributed by atoms with E-state index in [9.17, 15) is 9.59 Å². The highest BCUT2D eigenvalue weighted by Crippen LogP contribution is 2.11. The molecule has 1 aromatic carbocycles. The summed E-state index contributed by atoms with van der Waals surface area (Å²) >= 11 is 0. The van der Waals surface area contributed by atoms with Crippen LogP contribution in [0.3, 0.4) is 0 Å². The lowest BCUT2D eigenvalue weighted by Crippen LogP contribution is -2.44. The van der Waals surface area contributed by atoms with Gasteiger partial charge in [-0.1, -0.05) is 13.8 Å². The maximum Gasteiger partial charge on any atom is 0.326 e. The van der Waals surface area contributed by atoms with Gasteiger partial charge in [0.2, 0.25) is 0 Å². The first kappa shape index (κ1) is 14.8. The molecule has 1 heterocycles. The number of nitrogens with zero attached hydrogens (tertiary/aromatic N) is 1. The first-order valence-corrected chi connectivity index (χ1v) is 6.76. The van der Waals surface area contributed by atoms with Gasteiger partial charge in [0.25, 0.3) is 5.91 Å². The zero-order valence-electron chi connectivity index (χ0n) is 12.0. The first-order valence-electron chi connectivity index (χ1n) is 6.76. The second-order valence-corrected chi connectivity index (χ2v) is 5.17. The minimum atomic E-state index is -1.03. The highest BCUT2D eigenvalue weighted by molar-refractivity contribution is 5.96. The molecule has 0 saturated heterocycles. The predicted molar refractivity (Wildman–Crippen MR) is 79.5 cm³/mol. The molecule has 2 rings (SSSR count). The fraction of sp³-hybridized carbons (Fsp3) is 0.250. The average molecular weight is 286 g/mol. The summed E-state index contributed by atoms with van der Waals surface area (Å²) in [7, 11) is 0. The lowest BCUT2D eigenvalue weighted by molar-refractivity contribution is -0.140. The van der Waals surface area contributed by atoms with Gasteiger partial charge >= 0.3 is 5.97 Å². The number of rotatable bonds is 5. The normalized spacial score (nSPS) is 12.1. The van der Waals surface area contributed by atoms with E-state index in [0.29, 0.717) is 5.56 Å². The van der Waals surface area contributed by atoms with Crippen LogP contribution < -0.4 is 5.32 Å². The maximum absolute atomic E-state index is 12.1. The number of carbonyl (C=O) groups is 2. The smallest absolute Gasteiger partial charge is 0.326 e. The molecule has 0 fully saturated rings. The third kappa shape index (κ3) is 3.51. The predicted octanol–water partition coefficient (Wildman–Crippen LogP) is 2.32. The van der Waals surface area contributed by atoms with E-state index < -0.39 is 12.0 Å². The Morgan fingerprint density at radius 2 is 1.67 bits per heavy atom. The number of aromatic nitrogens is 1. The van der Waals surface area contributed by atoms with Crippen LogP contribution in [0.4, 0.5) is 0 Å². The van der Waals surface area contributed by atoms with Crippen LogP contribution in [0, 0.1) is 5.92 Å². The first-order chi connectivity index (χ1) is 9.99. The number of hydrogen-bond donors (Lipinski definition) is 2. The summed E-state index contributed by atoms with van der Waals surface area (Å²) in [6, 6.07) is 9.96. The van der Waals surface area contributed by atoms with Crippen molar-refractivity contribution in [3.05, 3.63) is 54.4 Å². The van der Waals surface area contributed by atoms with E-state index in [1.165, 1.54) is 0 Å². The molecule has 0 saturated carbocycles. The van der Waals surface area contributed by atoms with Gasteiger partial charge < -0.3 is 15.0 Å². The molecule has 0 aliphatic rings. The molecule has 1 amide bonds. The lowest BCUT2D eigenvalue weighted by Gasteiger charge is -2.18. The Balaban J connectivity index is 2.11. The molecule has 1 aromatic heterocycles. The van der Waals surface area contributed by atoms with E-state index in [2.05, 4.69) is 5.32 Å². The van der Waals surface area contributed by atoms with Gasteiger partial charge in [-0.2, -0.15) is 0 Å². The third-order valence-corrected chi connectivity index (χ3v) is 3.25. The van der Waals surface area contributed by atoms with Crippen LogP contribution in [-0.2, 0) is 4.79 Å². The van der Waals surface area contributed by atoms with Crippen molar-refractivity contribution in [2.75, 3.05) is 0 Å². The summed E-state index contributed by atoms with van der Waals surface area (Å²) in [6.07, 6.45) is 3.82. The van der Waals surface area contributed by atoms with E-state index in [4.69, 9.17) is 5.11 Å². The second-order valence-electron chi connectivity index (χ2n) is 5.17. The van der Waals surface area contributed by atoms with Crippen LogP contribution in [0.2, 0.25) is 0 Å². The lowest BCUT2D eigenvalue weighted by atomic mass is 10.0. The molecule has 5 nitrogen and oxygen atoms in total. The van der Waals surface area contributed by atoms with Crippen molar-refractivity contribution in [2.45, 2.75) is 19.9 Å². The van der Waals surface area contributed by atoms with Crippen LogP contribution in [0.15, 0.2) is 48.8 Å². The molecule has 1 unspecified atom stereocenters. The number of carboxylic acids is 1. The van der Waals surface area contributed by atoms with E-state index >= 15 is 0 Å². The van der Waals surface area contributed by atoms with E-state index in [-0.39, 0.29) is 11.8 Å². The Hall–Kier alpha value is -2.56. The Bertz CT molecular complexity index is 615. The van der Waals surface area contributed by atoms with Gasteiger partial charge in [-0.05, 0) is 42.3 Å². The van der Waals surface area contributed by atoms with Gasteiger partial charge in [0.05, 0.1) is 0 Å². The van der Waals surface area contributed by atoms with Gasteiger partial charge in [0.15, 0.2) is 0 Å². The highest BCUT2D eigenvalue weighted by atomic mass is 16.4. The van der Waals surface area contributed by atoms with Crippen LogP contribution in [0.25, 0.3) is 5.69 Å². The van der Waals surface area contributed by atoms with Crippen molar-refractivity contribution >= 4 is 11.9 Å². The number of nitrogens with one attached hydrogen (secondary N) is 1. The molecule has 5 heteroatoms. The Kier molecular flexibility index (Phi) is 4.42. The Morgan fingerprint density at radius 3 is 2.14 bits per heavy atom. The monoisotopic (exact) mass is 286 g/mol. The van der Waals surface area contributed by atoms with Gasteiger partial charge in [-0.3, -0.25) is 4.79 Å². The average Bonchev–Trinajstić information content (AvgIpc) is 2.98. The molecule has 21 heavy (non-hydrogen) atoms. The third-order valence-electron chi connectivity index (χ3n) is 3.25. The van der Waals surface area contributed by atoms with Gasteiger partial charge in [-0.25, -0.2) is 4.79 Å². The number of aliphatic carboxylic acids is 1. The van der Waals surface area contributed by atoms with Gasteiger partial charge in [-0.15, -0.1) is 0 Å². The number of hydrogen-bond acceptors (Lipinski definition) is 2. The summed E-state index contributed by atoms with van der Waals surface area (Å²) in [5.74, 6) is -1.58. The van der Waals surface area contributed by atoms with Crippen molar-refractivity contribution in [2.24, 2.45) is 5.92 Å². The zero-order chi connectivity index (χ0) is 15.4. The minimum Gasteiger partial charge on any atom is -0.480 e. The Morgan fingerprint density at radius 1 is 1.10 bits per heavy atom. The van der Waals surface area contributed by atoms with Crippen molar-refractivity contribution in [3.63, 3.8) is 0 Å². The number of carbonyl (C=O) groups excluding carboxylic acids is 1. The molecule has 0 radical (unpaired) electrons. The van der Waals surface area contributed by atoms with Crippen LogP contribution in [-0.4, -0.2) is 27.6 Å². The van der Waals surface area contributed by atoms with Gasteiger partial charge in [0.1, 0.15) is 6.04 Å². The van der Waals surface area contributed by atoms with E-state index in [0.717, 1.165) is 5.69 Å². The summed E-state index contributed by atoms with van der Waals surface area (Å²) in [4.78, 5) is 23.2. The van der Waals surface area contributed by atoms with Crippen LogP contribution in [0.5, 0.6) is 0 Å². The number of benzene rings is 1. The van der Waals surface area contributed by atoms with Crippen molar-refractivity contribution in [1.29, 1.82) is 0 Å². The van der Waals surface area contributed by atoms with E-state index in [1.807, 2.05) is 41.2 Å². The molecule has 0 spiro atoms. The maximum atomic E-state index is 12.1. The minimum absolute atomic E-state index is 0.175. The molecule has 2 N–H and O–H groups in total. The molecule has 0 aliphatic carbocycles.